The van der Waals surface area contributed by atoms with Crippen molar-refractivity contribution in [3.8, 4) is 0 Å². The van der Waals surface area contributed by atoms with Gasteiger partial charge in [0.2, 0.25) is 5.91 Å². The molecule has 1 heterocycles. The summed E-state index contributed by atoms with van der Waals surface area (Å²) in [6, 6.07) is 0. The van der Waals surface area contributed by atoms with Crippen LogP contribution < -0.4 is 0 Å². The summed E-state index contributed by atoms with van der Waals surface area (Å²) in [6.45, 7) is 9.33. The van der Waals surface area contributed by atoms with Crippen LogP contribution in [0.4, 0.5) is 0 Å². The van der Waals surface area contributed by atoms with Crippen LogP contribution in [-0.2, 0) is 9.53 Å². The third-order valence-corrected chi connectivity index (χ3v) is 2.94. The summed E-state index contributed by atoms with van der Waals surface area (Å²) in [5, 5.41) is 0. The number of amides is 1. The Hall–Kier alpha value is -0.610. The van der Waals surface area contributed by atoms with Gasteiger partial charge >= 0.3 is 0 Å². The maximum atomic E-state index is 11.6. The van der Waals surface area contributed by atoms with Gasteiger partial charge in [-0.1, -0.05) is 6.92 Å². The van der Waals surface area contributed by atoms with E-state index in [0.717, 1.165) is 45.8 Å². The summed E-state index contributed by atoms with van der Waals surface area (Å²) in [7, 11) is 1.73. The zero-order valence-corrected chi connectivity index (χ0v) is 10.3. The average Bonchev–Trinajstić information content (AvgIpc) is 2.30. The second-order valence-corrected chi connectivity index (χ2v) is 4.17. The first-order chi connectivity index (χ1) is 7.77. The van der Waals surface area contributed by atoms with Gasteiger partial charge in [-0.2, -0.15) is 0 Å². The highest BCUT2D eigenvalue weighted by molar-refractivity contribution is 5.76. The molecule has 1 rings (SSSR count). The third kappa shape index (κ3) is 4.49. The van der Waals surface area contributed by atoms with Gasteiger partial charge in [0.15, 0.2) is 0 Å². The van der Waals surface area contributed by atoms with E-state index in [-0.39, 0.29) is 5.91 Å². The molecule has 1 amide bonds. The molecule has 0 bridgehead atoms. The lowest BCUT2D eigenvalue weighted by molar-refractivity contribution is -0.132. The van der Waals surface area contributed by atoms with Gasteiger partial charge in [0.1, 0.15) is 0 Å². The molecule has 0 unspecified atom stereocenters. The van der Waals surface area contributed by atoms with Gasteiger partial charge < -0.3 is 9.64 Å². The normalized spacial score (nSPS) is 17.8. The molecule has 0 N–H and O–H groups in total. The smallest absolute Gasteiger partial charge is 0.222 e. The van der Waals surface area contributed by atoms with Crippen LogP contribution in [0.3, 0.4) is 0 Å². The Labute approximate surface area is 98.5 Å². The molecule has 1 fully saturated rings. The predicted molar refractivity (Wildman–Crippen MR) is 64.1 cm³/mol. The van der Waals surface area contributed by atoms with Crippen LogP contribution in [0.2, 0.25) is 0 Å². The van der Waals surface area contributed by atoms with E-state index in [1.165, 1.54) is 0 Å². The number of carbonyl (C=O) groups excluding carboxylic acids is 1. The van der Waals surface area contributed by atoms with Crippen LogP contribution in [-0.4, -0.2) is 62.1 Å². The molecule has 1 radical (unpaired) electrons. The number of hydrogen-bond donors (Lipinski definition) is 0. The first-order valence-electron chi connectivity index (χ1n) is 6.06. The van der Waals surface area contributed by atoms with E-state index < -0.39 is 0 Å². The van der Waals surface area contributed by atoms with Crippen LogP contribution in [0.25, 0.3) is 0 Å². The molecule has 0 aromatic rings. The van der Waals surface area contributed by atoms with Crippen molar-refractivity contribution >= 4 is 5.91 Å². The van der Waals surface area contributed by atoms with Crippen molar-refractivity contribution in [2.24, 2.45) is 0 Å². The highest BCUT2D eigenvalue weighted by Crippen LogP contribution is 2.05. The molecule has 1 aliphatic heterocycles. The van der Waals surface area contributed by atoms with Crippen molar-refractivity contribution in [1.29, 1.82) is 0 Å². The second kappa shape index (κ2) is 7.63. The van der Waals surface area contributed by atoms with Gasteiger partial charge in [0, 0.05) is 52.9 Å². The van der Waals surface area contributed by atoms with E-state index in [1.54, 1.807) is 7.11 Å². The summed E-state index contributed by atoms with van der Waals surface area (Å²) in [6.07, 6.45) is 2.36. The quantitative estimate of drug-likeness (QED) is 0.629. The molecular weight excluding hydrogens is 204 g/mol. The largest absolute Gasteiger partial charge is 0.385 e. The number of hydrogen-bond acceptors (Lipinski definition) is 3. The fraction of sp³-hybridized carbons (Fsp3) is 0.833. The van der Waals surface area contributed by atoms with Crippen molar-refractivity contribution in [1.82, 2.24) is 9.80 Å². The number of nitrogens with zero attached hydrogens (tertiary/aromatic N) is 2. The molecule has 1 aliphatic rings. The monoisotopic (exact) mass is 227 g/mol. The highest BCUT2D eigenvalue weighted by Gasteiger charge is 2.19. The zero-order valence-electron chi connectivity index (χ0n) is 10.3. The standard InChI is InChI=1S/C12H23N2O2/c1-3-5-12(15)14-9-7-13(8-10-14)6-4-11-16-2/h1,3-11H2,2H3. The molecule has 0 aliphatic carbocycles. The minimum Gasteiger partial charge on any atom is -0.385 e. The Balaban J connectivity index is 2.15. The number of carbonyl (C=O) groups is 1. The second-order valence-electron chi connectivity index (χ2n) is 4.17. The van der Waals surface area contributed by atoms with Gasteiger partial charge in [-0.3, -0.25) is 9.69 Å². The molecule has 0 atom stereocenters. The topological polar surface area (TPSA) is 32.8 Å². The number of rotatable bonds is 6. The van der Waals surface area contributed by atoms with Crippen LogP contribution in [0.5, 0.6) is 0 Å². The fourth-order valence-electron chi connectivity index (χ4n) is 1.96. The number of piperazine rings is 1. The highest BCUT2D eigenvalue weighted by atomic mass is 16.5. The molecular formula is C12H23N2O2. The summed E-state index contributed by atoms with van der Waals surface area (Å²) in [4.78, 5) is 16.0. The van der Waals surface area contributed by atoms with Crippen LogP contribution in [0.1, 0.15) is 19.3 Å². The predicted octanol–water partition coefficient (Wildman–Crippen LogP) is 0.781. The summed E-state index contributed by atoms with van der Waals surface area (Å²) in [5.41, 5.74) is 0. The lowest BCUT2D eigenvalue weighted by Crippen LogP contribution is -2.48. The van der Waals surface area contributed by atoms with Gasteiger partial charge in [0.05, 0.1) is 0 Å². The van der Waals surface area contributed by atoms with Crippen LogP contribution >= 0.6 is 0 Å². The molecule has 4 nitrogen and oxygen atoms in total. The molecule has 0 saturated carbocycles. The van der Waals surface area contributed by atoms with Crippen molar-refractivity contribution in [2.75, 3.05) is 46.4 Å². The summed E-state index contributed by atoms with van der Waals surface area (Å²) in [5.74, 6) is 0.256. The van der Waals surface area contributed by atoms with E-state index >= 15 is 0 Å². The molecule has 0 spiro atoms. The zero-order chi connectivity index (χ0) is 11.8. The summed E-state index contributed by atoms with van der Waals surface area (Å²) < 4.78 is 5.03. The SMILES string of the molecule is [CH2]CCC(=O)N1CCN(CCCOC)CC1. The van der Waals surface area contributed by atoms with Gasteiger partial charge in [-0.15, -0.1) is 0 Å². The Morgan fingerprint density at radius 3 is 2.56 bits per heavy atom. The molecule has 1 saturated heterocycles. The van der Waals surface area contributed by atoms with Crippen molar-refractivity contribution in [2.45, 2.75) is 19.3 Å². The maximum Gasteiger partial charge on any atom is 0.222 e. The van der Waals surface area contributed by atoms with E-state index in [1.807, 2.05) is 4.90 Å². The Kier molecular flexibility index (Phi) is 6.42. The average molecular weight is 227 g/mol. The van der Waals surface area contributed by atoms with Gasteiger partial charge in [0.25, 0.3) is 0 Å². The van der Waals surface area contributed by atoms with E-state index in [2.05, 4.69) is 11.8 Å². The van der Waals surface area contributed by atoms with Crippen molar-refractivity contribution in [3.63, 3.8) is 0 Å². The lowest BCUT2D eigenvalue weighted by Gasteiger charge is -2.34. The number of methoxy groups -OCH3 is 1. The van der Waals surface area contributed by atoms with Crippen LogP contribution in [0.15, 0.2) is 0 Å². The number of ether oxygens (including phenoxy) is 1. The van der Waals surface area contributed by atoms with E-state index in [0.29, 0.717) is 12.8 Å². The third-order valence-electron chi connectivity index (χ3n) is 2.94. The Morgan fingerprint density at radius 1 is 1.31 bits per heavy atom. The minimum absolute atomic E-state index is 0.256. The van der Waals surface area contributed by atoms with Gasteiger partial charge in [-0.05, 0) is 12.8 Å². The minimum atomic E-state index is 0.256. The van der Waals surface area contributed by atoms with Gasteiger partial charge in [-0.25, -0.2) is 0 Å². The van der Waals surface area contributed by atoms with Crippen molar-refractivity contribution < 1.29 is 9.53 Å². The molecule has 4 heteroatoms. The van der Waals surface area contributed by atoms with Crippen molar-refractivity contribution in [3.05, 3.63) is 6.92 Å². The maximum absolute atomic E-state index is 11.6. The molecule has 16 heavy (non-hydrogen) atoms. The lowest BCUT2D eigenvalue weighted by atomic mass is 10.2. The first kappa shape index (κ1) is 13.5. The van der Waals surface area contributed by atoms with E-state index in [4.69, 9.17) is 4.74 Å². The molecule has 0 aromatic carbocycles. The molecule has 0 aromatic heterocycles. The van der Waals surface area contributed by atoms with E-state index in [9.17, 15) is 4.79 Å². The fourth-order valence-corrected chi connectivity index (χ4v) is 1.96. The Bertz CT molecular complexity index is 201. The Morgan fingerprint density at radius 2 is 2.00 bits per heavy atom. The van der Waals surface area contributed by atoms with Crippen LogP contribution in [0, 0.1) is 6.92 Å². The summed E-state index contributed by atoms with van der Waals surface area (Å²) >= 11 is 0. The molecule has 93 valence electrons. The first-order valence-corrected chi connectivity index (χ1v) is 6.06.